The van der Waals surface area contributed by atoms with Crippen LogP contribution in [-0.2, 0) is 0 Å². The number of halogens is 2. The minimum atomic E-state index is -0.0924. The molecule has 0 fully saturated rings. The van der Waals surface area contributed by atoms with Gasteiger partial charge in [-0.15, -0.1) is 11.3 Å². The molecule has 2 heterocycles. The summed E-state index contributed by atoms with van der Waals surface area (Å²) < 4.78 is 7.49. The van der Waals surface area contributed by atoms with Crippen LogP contribution in [0, 0.1) is 13.8 Å². The lowest BCUT2D eigenvalue weighted by Crippen LogP contribution is -2.24. The predicted octanol–water partition coefficient (Wildman–Crippen LogP) is 5.22. The quantitative estimate of drug-likeness (QED) is 0.779. The molecule has 0 saturated heterocycles. The molecule has 0 saturated carbocycles. The molecule has 0 bridgehead atoms. The highest BCUT2D eigenvalue weighted by molar-refractivity contribution is 7.20. The van der Waals surface area contributed by atoms with Crippen molar-refractivity contribution in [1.29, 1.82) is 0 Å². The number of rotatable bonds is 1. The molecule has 1 aromatic carbocycles. The van der Waals surface area contributed by atoms with Gasteiger partial charge in [-0.05, 0) is 37.1 Å². The largest absolute Gasteiger partial charge is 0.481 e. The summed E-state index contributed by atoms with van der Waals surface area (Å²) in [6.07, 6.45) is -0.0924. The molecule has 1 aromatic heterocycles. The van der Waals surface area contributed by atoms with Gasteiger partial charge in [-0.25, -0.2) is 0 Å². The van der Waals surface area contributed by atoms with Crippen molar-refractivity contribution in [1.82, 2.24) is 0 Å². The number of benzene rings is 1. The zero-order chi connectivity index (χ0) is 13.6. The van der Waals surface area contributed by atoms with Crippen LogP contribution >= 0.6 is 34.5 Å². The molecule has 1 atom stereocenters. The molecule has 0 aliphatic carbocycles. The Kier molecular flexibility index (Phi) is 3.37. The van der Waals surface area contributed by atoms with E-state index in [-0.39, 0.29) is 6.10 Å². The molecule has 3 rings (SSSR count). The number of ether oxygens (including phenoxy) is 1. The Bertz CT molecular complexity index is 639. The van der Waals surface area contributed by atoms with Crippen LogP contribution in [0.4, 0.5) is 5.69 Å². The van der Waals surface area contributed by atoms with Crippen molar-refractivity contribution in [3.8, 4) is 5.75 Å². The second kappa shape index (κ2) is 4.89. The number of fused-ring (bicyclic) bond motifs is 1. The second-order valence-electron chi connectivity index (χ2n) is 4.73. The number of aryl methyl sites for hydroxylation is 2. The summed E-state index contributed by atoms with van der Waals surface area (Å²) in [6.45, 7) is 4.83. The Balaban J connectivity index is 1.96. The summed E-state index contributed by atoms with van der Waals surface area (Å²) in [4.78, 5) is 0. The van der Waals surface area contributed by atoms with E-state index in [0.29, 0.717) is 15.2 Å². The van der Waals surface area contributed by atoms with Crippen LogP contribution in [0.3, 0.4) is 0 Å². The first-order chi connectivity index (χ1) is 9.04. The van der Waals surface area contributed by atoms with E-state index < -0.39 is 0 Å². The molecular formula is C14H13Cl2NOS. The summed E-state index contributed by atoms with van der Waals surface area (Å²) in [7, 11) is 0. The van der Waals surface area contributed by atoms with Crippen molar-refractivity contribution in [3.05, 3.63) is 43.6 Å². The van der Waals surface area contributed by atoms with Gasteiger partial charge in [0.05, 0.1) is 16.6 Å². The highest BCUT2D eigenvalue weighted by atomic mass is 35.5. The number of hydrogen-bond acceptors (Lipinski definition) is 3. The summed E-state index contributed by atoms with van der Waals surface area (Å²) in [5.41, 5.74) is 4.35. The molecule has 1 aliphatic heterocycles. The van der Waals surface area contributed by atoms with E-state index >= 15 is 0 Å². The van der Waals surface area contributed by atoms with Crippen molar-refractivity contribution in [3.63, 3.8) is 0 Å². The minimum absolute atomic E-state index is 0.0924. The first-order valence-electron chi connectivity index (χ1n) is 6.01. The lowest BCUT2D eigenvalue weighted by molar-refractivity contribution is 0.209. The molecule has 1 unspecified atom stereocenters. The molecule has 100 valence electrons. The third-order valence-electron chi connectivity index (χ3n) is 3.19. The average molecular weight is 314 g/mol. The van der Waals surface area contributed by atoms with Crippen molar-refractivity contribution in [2.75, 3.05) is 11.9 Å². The van der Waals surface area contributed by atoms with Gasteiger partial charge in [0.25, 0.3) is 0 Å². The Morgan fingerprint density at radius 2 is 2.05 bits per heavy atom. The van der Waals surface area contributed by atoms with Gasteiger partial charge >= 0.3 is 0 Å². The van der Waals surface area contributed by atoms with Crippen molar-refractivity contribution in [2.24, 2.45) is 0 Å². The van der Waals surface area contributed by atoms with Gasteiger partial charge in [-0.3, -0.25) is 0 Å². The molecule has 19 heavy (non-hydrogen) atoms. The smallest absolute Gasteiger partial charge is 0.146 e. The highest BCUT2D eigenvalue weighted by Gasteiger charge is 2.25. The van der Waals surface area contributed by atoms with Gasteiger partial charge in [-0.2, -0.15) is 0 Å². The van der Waals surface area contributed by atoms with Crippen molar-refractivity contribution >= 4 is 40.2 Å². The predicted molar refractivity (Wildman–Crippen MR) is 82.1 cm³/mol. The van der Waals surface area contributed by atoms with Crippen LogP contribution in [0.1, 0.15) is 22.8 Å². The maximum atomic E-state index is 6.20. The molecule has 5 heteroatoms. The Labute approximate surface area is 126 Å². The molecule has 0 amide bonds. The lowest BCUT2D eigenvalue weighted by atomic mass is 10.1. The van der Waals surface area contributed by atoms with Crippen LogP contribution < -0.4 is 10.1 Å². The summed E-state index contributed by atoms with van der Waals surface area (Å²) >= 11 is 13.6. The van der Waals surface area contributed by atoms with Gasteiger partial charge in [0, 0.05) is 5.56 Å². The summed E-state index contributed by atoms with van der Waals surface area (Å²) in [5.74, 6) is 0.903. The van der Waals surface area contributed by atoms with E-state index in [0.717, 1.165) is 22.6 Å². The molecule has 1 aliphatic rings. The Morgan fingerprint density at radius 3 is 2.74 bits per heavy atom. The number of thiophene rings is 1. The summed E-state index contributed by atoms with van der Waals surface area (Å²) in [5, 5.41) is 3.41. The van der Waals surface area contributed by atoms with Crippen LogP contribution in [0.15, 0.2) is 18.2 Å². The number of anilines is 1. The molecule has 2 aromatic rings. The van der Waals surface area contributed by atoms with Crippen molar-refractivity contribution in [2.45, 2.75) is 20.0 Å². The van der Waals surface area contributed by atoms with E-state index in [1.54, 1.807) is 0 Å². The summed E-state index contributed by atoms with van der Waals surface area (Å²) in [6, 6.07) is 6.10. The van der Waals surface area contributed by atoms with Gasteiger partial charge in [0.15, 0.2) is 0 Å². The average Bonchev–Trinajstić information content (AvgIpc) is 2.68. The minimum Gasteiger partial charge on any atom is -0.481 e. The Hall–Kier alpha value is -0.900. The third-order valence-corrected chi connectivity index (χ3v) is 4.70. The van der Waals surface area contributed by atoms with E-state index in [1.807, 2.05) is 6.07 Å². The van der Waals surface area contributed by atoms with Crippen LogP contribution in [-0.4, -0.2) is 6.54 Å². The van der Waals surface area contributed by atoms with Crippen molar-refractivity contribution < 1.29 is 4.74 Å². The first kappa shape index (κ1) is 13.1. The maximum Gasteiger partial charge on any atom is 0.146 e. The van der Waals surface area contributed by atoms with E-state index in [2.05, 4.69) is 31.3 Å². The maximum absolute atomic E-state index is 6.20. The van der Waals surface area contributed by atoms with Gasteiger partial charge in [0.2, 0.25) is 0 Å². The fourth-order valence-electron chi connectivity index (χ4n) is 2.37. The fraction of sp³-hybridized carbons (Fsp3) is 0.286. The standard InChI is InChI=1S/C14H13Cl2NOS/c1-7-3-8(2)13-10(4-7)17-6-11(18-13)9-5-12(15)19-14(9)16/h3-5,11,17H,6H2,1-2H3. The normalized spacial score (nSPS) is 17.6. The van der Waals surface area contributed by atoms with Gasteiger partial charge in [-0.1, -0.05) is 29.3 Å². The van der Waals surface area contributed by atoms with E-state index in [9.17, 15) is 0 Å². The zero-order valence-corrected chi connectivity index (χ0v) is 12.9. The third kappa shape index (κ3) is 2.42. The number of nitrogens with one attached hydrogen (secondary N) is 1. The molecular weight excluding hydrogens is 301 g/mol. The van der Waals surface area contributed by atoms with Gasteiger partial charge in [0.1, 0.15) is 16.2 Å². The van der Waals surface area contributed by atoms with Crippen LogP contribution in [0.5, 0.6) is 5.75 Å². The van der Waals surface area contributed by atoms with Gasteiger partial charge < -0.3 is 10.1 Å². The topological polar surface area (TPSA) is 21.3 Å². The number of hydrogen-bond donors (Lipinski definition) is 1. The zero-order valence-electron chi connectivity index (χ0n) is 10.6. The molecule has 0 spiro atoms. The van der Waals surface area contributed by atoms with E-state index in [1.165, 1.54) is 16.9 Å². The molecule has 1 N–H and O–H groups in total. The first-order valence-corrected chi connectivity index (χ1v) is 7.58. The fourth-order valence-corrected chi connectivity index (χ4v) is 3.93. The van der Waals surface area contributed by atoms with Crippen LogP contribution in [0.2, 0.25) is 8.67 Å². The molecule has 0 radical (unpaired) electrons. The Morgan fingerprint density at radius 1 is 1.26 bits per heavy atom. The van der Waals surface area contributed by atoms with Crippen LogP contribution in [0.25, 0.3) is 0 Å². The lowest BCUT2D eigenvalue weighted by Gasteiger charge is -2.29. The highest BCUT2D eigenvalue weighted by Crippen LogP contribution is 2.42. The monoisotopic (exact) mass is 313 g/mol. The molecule has 2 nitrogen and oxygen atoms in total. The van der Waals surface area contributed by atoms with E-state index in [4.69, 9.17) is 27.9 Å². The second-order valence-corrected chi connectivity index (χ2v) is 7.01. The SMILES string of the molecule is Cc1cc(C)c2c(c1)NCC(c1cc(Cl)sc1Cl)O2.